The molecule has 3 rings (SSSR count). The van der Waals surface area contributed by atoms with Gasteiger partial charge in [-0.2, -0.15) is 0 Å². The van der Waals surface area contributed by atoms with E-state index in [1.54, 1.807) is 30.2 Å². The van der Waals surface area contributed by atoms with Gasteiger partial charge in [0.05, 0.1) is 4.21 Å². The number of hydrogen-bond donors (Lipinski definition) is 3. The topological polar surface area (TPSA) is 112 Å². The van der Waals surface area contributed by atoms with Gasteiger partial charge in [-0.1, -0.05) is 37.3 Å². The molecule has 0 saturated heterocycles. The van der Waals surface area contributed by atoms with Crippen molar-refractivity contribution in [2.75, 3.05) is 5.32 Å². The summed E-state index contributed by atoms with van der Waals surface area (Å²) in [5.74, 6) is -1.79. The Morgan fingerprint density at radius 3 is 2.58 bits per heavy atom. The Morgan fingerprint density at radius 2 is 2.00 bits per heavy atom. The van der Waals surface area contributed by atoms with Crippen molar-refractivity contribution in [3.05, 3.63) is 60.1 Å². The van der Waals surface area contributed by atoms with Crippen LogP contribution in [-0.4, -0.2) is 37.0 Å². The van der Waals surface area contributed by atoms with E-state index in [0.717, 1.165) is 4.21 Å². The van der Waals surface area contributed by atoms with Crippen molar-refractivity contribution in [2.45, 2.75) is 30.2 Å². The van der Waals surface area contributed by atoms with Crippen molar-refractivity contribution in [1.29, 1.82) is 5.41 Å². The quantitative estimate of drug-likeness (QED) is 0.242. The van der Waals surface area contributed by atoms with Gasteiger partial charge in [0, 0.05) is 34.5 Å². The van der Waals surface area contributed by atoms with Crippen LogP contribution < -0.4 is 5.32 Å². The van der Waals surface area contributed by atoms with Gasteiger partial charge in [-0.3, -0.25) is 0 Å². The second-order valence-corrected chi connectivity index (χ2v) is 9.61. The van der Waals surface area contributed by atoms with E-state index < -0.39 is 11.8 Å². The minimum Gasteiger partial charge on any atom is -0.477 e. The number of hydrogen-bond acceptors (Lipinski definition) is 8. The minimum atomic E-state index is -1.27. The normalized spacial score (nSPS) is 11.9. The lowest BCUT2D eigenvalue weighted by atomic mass is 9.99. The summed E-state index contributed by atoms with van der Waals surface area (Å²) in [6.45, 7) is 5.55. The average molecular weight is 458 g/mol. The Labute approximate surface area is 187 Å². The van der Waals surface area contributed by atoms with Crippen LogP contribution in [-0.2, 0) is 4.79 Å². The largest absolute Gasteiger partial charge is 0.477 e. The fourth-order valence-corrected chi connectivity index (χ4v) is 5.22. The number of carbonyl (C=O) groups is 1. The number of allylic oxidation sites excluding steroid dienone is 1. The molecule has 0 saturated carbocycles. The molecule has 1 aromatic carbocycles. The van der Waals surface area contributed by atoms with Crippen molar-refractivity contribution in [2.24, 2.45) is 0 Å². The monoisotopic (exact) mass is 457 g/mol. The molecule has 0 aliphatic heterocycles. The van der Waals surface area contributed by atoms with E-state index in [1.165, 1.54) is 42.8 Å². The van der Waals surface area contributed by atoms with Crippen LogP contribution in [0.15, 0.2) is 52.9 Å². The van der Waals surface area contributed by atoms with Crippen molar-refractivity contribution in [3.63, 3.8) is 0 Å². The van der Waals surface area contributed by atoms with E-state index in [0.29, 0.717) is 22.0 Å². The fourth-order valence-electron chi connectivity index (χ4n) is 2.78. The number of halogens is 1. The maximum Gasteiger partial charge on any atom is 0.353 e. The van der Waals surface area contributed by atoms with E-state index in [9.17, 15) is 14.3 Å². The third-order valence-corrected chi connectivity index (χ3v) is 6.14. The molecule has 0 fully saturated rings. The highest BCUT2D eigenvalue weighted by Gasteiger charge is 2.22. The maximum atomic E-state index is 13.8. The standard InChI is InChI=1S/C21H20FN5O2S2/c1-11(2)30-20-17(14-8-24-10-25-9-14)26-21(31-20)27-18(19(28)29)16(12(3)23)13-5-4-6-15(22)7-13/h4-11,23H,1-3H3,(H,26,27)(H,28,29)/b18-16+,23-12?. The smallest absolute Gasteiger partial charge is 0.353 e. The molecule has 2 heterocycles. The van der Waals surface area contributed by atoms with Crippen LogP contribution in [0.5, 0.6) is 0 Å². The van der Waals surface area contributed by atoms with Gasteiger partial charge in [0.1, 0.15) is 23.5 Å². The fraction of sp³-hybridized carbons (Fsp3) is 0.190. The van der Waals surface area contributed by atoms with Crippen molar-refractivity contribution >= 4 is 45.5 Å². The van der Waals surface area contributed by atoms with Crippen molar-refractivity contribution in [1.82, 2.24) is 15.0 Å². The molecule has 2 aromatic heterocycles. The number of thiazole rings is 1. The molecular weight excluding hydrogens is 437 g/mol. The zero-order valence-corrected chi connectivity index (χ0v) is 18.6. The molecule has 7 nitrogen and oxygen atoms in total. The average Bonchev–Trinajstić information content (AvgIpc) is 3.09. The van der Waals surface area contributed by atoms with Crippen LogP contribution in [0, 0.1) is 11.2 Å². The lowest BCUT2D eigenvalue weighted by molar-refractivity contribution is -0.132. The molecule has 0 spiro atoms. The number of carboxylic acid groups (broad SMARTS) is 1. The molecule has 0 radical (unpaired) electrons. The van der Waals surface area contributed by atoms with E-state index in [2.05, 4.69) is 20.3 Å². The molecule has 3 aromatic rings. The Balaban J connectivity index is 2.11. The molecule has 31 heavy (non-hydrogen) atoms. The Hall–Kier alpha value is -3.11. The lowest BCUT2D eigenvalue weighted by Gasteiger charge is -2.12. The van der Waals surface area contributed by atoms with Crippen LogP contribution in [0.2, 0.25) is 0 Å². The number of nitrogens with zero attached hydrogens (tertiary/aromatic N) is 3. The van der Waals surface area contributed by atoms with Crippen molar-refractivity contribution < 1.29 is 14.3 Å². The predicted molar refractivity (Wildman–Crippen MR) is 122 cm³/mol. The third-order valence-electron chi connectivity index (χ3n) is 3.96. The summed E-state index contributed by atoms with van der Waals surface area (Å²) in [7, 11) is 0. The summed E-state index contributed by atoms with van der Waals surface area (Å²) in [5, 5.41) is 21.4. The molecule has 0 aliphatic rings. The van der Waals surface area contributed by atoms with Gasteiger partial charge in [-0.25, -0.2) is 24.1 Å². The maximum absolute atomic E-state index is 13.8. The number of aliphatic carboxylic acids is 1. The molecule has 0 unspecified atom stereocenters. The van der Waals surface area contributed by atoms with Gasteiger partial charge in [0.2, 0.25) is 0 Å². The number of rotatable bonds is 8. The molecule has 0 atom stereocenters. The van der Waals surface area contributed by atoms with Crippen LogP contribution in [0.4, 0.5) is 9.52 Å². The van der Waals surface area contributed by atoms with Gasteiger partial charge < -0.3 is 15.8 Å². The second kappa shape index (κ2) is 9.80. The minimum absolute atomic E-state index is 0.0134. The predicted octanol–water partition coefficient (Wildman–Crippen LogP) is 5.19. The molecule has 0 amide bonds. The number of aromatic nitrogens is 3. The highest BCUT2D eigenvalue weighted by atomic mass is 32.2. The number of nitrogens with one attached hydrogen (secondary N) is 2. The SMILES string of the molecule is CC(=N)/C(=C(\Nc1nc(-c2cncnc2)c(SC(C)C)s1)C(=O)O)c1cccc(F)c1. The summed E-state index contributed by atoms with van der Waals surface area (Å²) in [6.07, 6.45) is 4.71. The van der Waals surface area contributed by atoms with Crippen molar-refractivity contribution in [3.8, 4) is 11.3 Å². The third kappa shape index (κ3) is 5.53. The van der Waals surface area contributed by atoms with Crippen LogP contribution in [0.25, 0.3) is 16.8 Å². The molecule has 160 valence electrons. The van der Waals surface area contributed by atoms with Gasteiger partial charge >= 0.3 is 5.97 Å². The van der Waals surface area contributed by atoms with Gasteiger partial charge in [-0.15, -0.1) is 11.8 Å². The summed E-state index contributed by atoms with van der Waals surface area (Å²) >= 11 is 2.89. The van der Waals surface area contributed by atoms with Gasteiger partial charge in [-0.05, 0) is 24.6 Å². The second-order valence-electron chi connectivity index (χ2n) is 6.76. The molecule has 0 aliphatic carbocycles. The molecular formula is C21H20FN5O2S2. The lowest BCUT2D eigenvalue weighted by Crippen LogP contribution is -2.16. The van der Waals surface area contributed by atoms with Gasteiger partial charge in [0.25, 0.3) is 0 Å². The van der Waals surface area contributed by atoms with Crippen LogP contribution in [0.3, 0.4) is 0 Å². The van der Waals surface area contributed by atoms with E-state index >= 15 is 0 Å². The summed E-state index contributed by atoms with van der Waals surface area (Å²) < 4.78 is 14.6. The number of carboxylic acids is 1. The number of thioether (sulfide) groups is 1. The number of anilines is 1. The number of benzene rings is 1. The van der Waals surface area contributed by atoms with E-state index in [1.807, 2.05) is 13.8 Å². The Kier molecular flexibility index (Phi) is 7.13. The summed E-state index contributed by atoms with van der Waals surface area (Å²) in [4.78, 5) is 24.7. The van der Waals surface area contributed by atoms with Gasteiger partial charge in [0.15, 0.2) is 5.13 Å². The zero-order chi connectivity index (χ0) is 22.5. The first kappa shape index (κ1) is 22.6. The summed E-state index contributed by atoms with van der Waals surface area (Å²) in [5.41, 5.74) is 1.48. The highest BCUT2D eigenvalue weighted by Crippen LogP contribution is 2.40. The molecule has 3 N–H and O–H groups in total. The van der Waals surface area contributed by atoms with Crippen LogP contribution >= 0.6 is 23.1 Å². The zero-order valence-electron chi connectivity index (χ0n) is 17.0. The Morgan fingerprint density at radius 1 is 1.29 bits per heavy atom. The molecule has 10 heteroatoms. The Bertz CT molecular complexity index is 1150. The van der Waals surface area contributed by atoms with E-state index in [-0.39, 0.29) is 22.2 Å². The first-order valence-electron chi connectivity index (χ1n) is 9.25. The van der Waals surface area contributed by atoms with E-state index in [4.69, 9.17) is 5.41 Å². The molecule has 0 bridgehead atoms. The summed E-state index contributed by atoms with van der Waals surface area (Å²) in [6, 6.07) is 5.50. The highest BCUT2D eigenvalue weighted by molar-refractivity contribution is 8.01. The first-order chi connectivity index (χ1) is 14.8. The van der Waals surface area contributed by atoms with Crippen LogP contribution in [0.1, 0.15) is 26.3 Å². The first-order valence-corrected chi connectivity index (χ1v) is 10.9.